The third kappa shape index (κ3) is 2.84. The molecule has 4 heteroatoms. The zero-order valence-corrected chi connectivity index (χ0v) is 11.8. The molecule has 0 saturated carbocycles. The van der Waals surface area contributed by atoms with Crippen molar-refractivity contribution in [1.29, 1.82) is 0 Å². The number of carboxylic acids is 1. The highest BCUT2D eigenvalue weighted by Crippen LogP contribution is 2.40. The second-order valence-electron chi connectivity index (χ2n) is 5.85. The van der Waals surface area contributed by atoms with E-state index in [-0.39, 0.29) is 11.9 Å². The van der Waals surface area contributed by atoms with E-state index in [1.807, 2.05) is 24.3 Å². The average Bonchev–Trinajstić information content (AvgIpc) is 3.07. The fourth-order valence-corrected chi connectivity index (χ4v) is 3.36. The Hall–Kier alpha value is -2.10. The lowest BCUT2D eigenvalue weighted by Gasteiger charge is -2.15. The Balaban J connectivity index is 1.70. The molecule has 3 unspecified atom stereocenters. The molecule has 0 heterocycles. The molecule has 21 heavy (non-hydrogen) atoms. The normalized spacial score (nSPS) is 26.6. The number of allylic oxidation sites excluding steroid dienone is 2. The van der Waals surface area contributed by atoms with Gasteiger partial charge < -0.3 is 10.4 Å². The monoisotopic (exact) mass is 285 g/mol. The van der Waals surface area contributed by atoms with Crippen molar-refractivity contribution in [2.75, 3.05) is 0 Å². The van der Waals surface area contributed by atoms with E-state index in [2.05, 4.69) is 17.5 Å². The fourth-order valence-electron chi connectivity index (χ4n) is 3.36. The van der Waals surface area contributed by atoms with E-state index in [1.54, 1.807) is 0 Å². The minimum Gasteiger partial charge on any atom is -0.481 e. The SMILES string of the molecule is O=C(CC1C=CCC1)NC1CC(C(=O)O)c2ccccc21. The van der Waals surface area contributed by atoms with Gasteiger partial charge in [0.05, 0.1) is 12.0 Å². The maximum Gasteiger partial charge on any atom is 0.311 e. The molecule has 0 fully saturated rings. The molecule has 0 saturated heterocycles. The number of hydrogen-bond acceptors (Lipinski definition) is 2. The molecule has 1 amide bonds. The highest BCUT2D eigenvalue weighted by Gasteiger charge is 2.35. The second kappa shape index (κ2) is 5.72. The van der Waals surface area contributed by atoms with Gasteiger partial charge in [0.25, 0.3) is 0 Å². The first-order chi connectivity index (χ1) is 10.1. The number of benzene rings is 1. The number of carbonyl (C=O) groups is 2. The summed E-state index contributed by atoms with van der Waals surface area (Å²) in [4.78, 5) is 23.5. The summed E-state index contributed by atoms with van der Waals surface area (Å²) in [5.74, 6) is -0.995. The Morgan fingerprint density at radius 3 is 2.67 bits per heavy atom. The maximum absolute atomic E-state index is 12.1. The van der Waals surface area contributed by atoms with Gasteiger partial charge in [-0.2, -0.15) is 0 Å². The van der Waals surface area contributed by atoms with Crippen LogP contribution >= 0.6 is 0 Å². The number of aliphatic carboxylic acids is 1. The molecule has 1 aromatic carbocycles. The van der Waals surface area contributed by atoms with Crippen LogP contribution in [0.25, 0.3) is 0 Å². The smallest absolute Gasteiger partial charge is 0.311 e. The van der Waals surface area contributed by atoms with Crippen molar-refractivity contribution in [3.63, 3.8) is 0 Å². The van der Waals surface area contributed by atoms with Gasteiger partial charge in [-0.3, -0.25) is 9.59 Å². The Kier molecular flexibility index (Phi) is 3.78. The van der Waals surface area contributed by atoms with Crippen molar-refractivity contribution >= 4 is 11.9 Å². The highest BCUT2D eigenvalue weighted by molar-refractivity contribution is 5.80. The van der Waals surface area contributed by atoms with Gasteiger partial charge in [0.1, 0.15) is 0 Å². The fraction of sp³-hybridized carbons (Fsp3) is 0.412. The first kappa shape index (κ1) is 13.9. The third-order valence-electron chi connectivity index (χ3n) is 4.41. The topological polar surface area (TPSA) is 66.4 Å². The molecular formula is C17H19NO3. The van der Waals surface area contributed by atoms with Gasteiger partial charge in [0.15, 0.2) is 0 Å². The minimum absolute atomic E-state index is 0.0115. The largest absolute Gasteiger partial charge is 0.481 e. The summed E-state index contributed by atoms with van der Waals surface area (Å²) in [6, 6.07) is 7.32. The second-order valence-corrected chi connectivity index (χ2v) is 5.85. The summed E-state index contributed by atoms with van der Waals surface area (Å²) in [7, 11) is 0. The van der Waals surface area contributed by atoms with Crippen LogP contribution in [0.4, 0.5) is 0 Å². The van der Waals surface area contributed by atoms with E-state index < -0.39 is 11.9 Å². The van der Waals surface area contributed by atoms with Crippen LogP contribution in [-0.4, -0.2) is 17.0 Å². The number of amides is 1. The highest BCUT2D eigenvalue weighted by atomic mass is 16.4. The number of rotatable bonds is 4. The molecule has 2 N–H and O–H groups in total. The van der Waals surface area contributed by atoms with E-state index in [0.717, 1.165) is 24.0 Å². The number of carbonyl (C=O) groups excluding carboxylic acids is 1. The Morgan fingerprint density at radius 1 is 1.24 bits per heavy atom. The first-order valence-electron chi connectivity index (χ1n) is 7.43. The van der Waals surface area contributed by atoms with Gasteiger partial charge >= 0.3 is 5.97 Å². The zero-order chi connectivity index (χ0) is 14.8. The lowest BCUT2D eigenvalue weighted by molar-refractivity contribution is -0.139. The van der Waals surface area contributed by atoms with Gasteiger partial charge in [-0.1, -0.05) is 36.4 Å². The van der Waals surface area contributed by atoms with Crippen LogP contribution in [0, 0.1) is 5.92 Å². The standard InChI is InChI=1S/C17H19NO3/c19-16(9-11-5-1-2-6-11)18-15-10-14(17(20)21)12-7-3-4-8-13(12)15/h1,3-5,7-8,11,14-15H,2,6,9-10H2,(H,18,19)(H,20,21). The lowest BCUT2D eigenvalue weighted by atomic mass is 10.0. The summed E-state index contributed by atoms with van der Waals surface area (Å²) >= 11 is 0. The molecule has 0 bridgehead atoms. The minimum atomic E-state index is -0.821. The van der Waals surface area contributed by atoms with Gasteiger partial charge in [-0.15, -0.1) is 0 Å². The summed E-state index contributed by atoms with van der Waals surface area (Å²) in [6.45, 7) is 0. The van der Waals surface area contributed by atoms with Crippen LogP contribution in [0.3, 0.4) is 0 Å². The summed E-state index contributed by atoms with van der Waals surface area (Å²) < 4.78 is 0. The van der Waals surface area contributed by atoms with Gasteiger partial charge in [-0.25, -0.2) is 0 Å². The zero-order valence-electron chi connectivity index (χ0n) is 11.8. The van der Waals surface area contributed by atoms with Gasteiger partial charge in [0.2, 0.25) is 5.91 Å². The van der Waals surface area contributed by atoms with Crippen LogP contribution in [0.5, 0.6) is 0 Å². The van der Waals surface area contributed by atoms with Crippen molar-refractivity contribution in [2.24, 2.45) is 5.92 Å². The van der Waals surface area contributed by atoms with Crippen molar-refractivity contribution in [3.8, 4) is 0 Å². The van der Waals surface area contributed by atoms with Crippen molar-refractivity contribution in [1.82, 2.24) is 5.32 Å². The molecule has 3 rings (SSSR count). The van der Waals surface area contributed by atoms with Crippen LogP contribution in [0.1, 0.15) is 48.8 Å². The van der Waals surface area contributed by atoms with Crippen LogP contribution in [-0.2, 0) is 9.59 Å². The summed E-state index contributed by atoms with van der Waals surface area (Å²) in [5.41, 5.74) is 1.77. The maximum atomic E-state index is 12.1. The predicted octanol–water partition coefficient (Wildman–Crippen LogP) is 2.77. The molecule has 110 valence electrons. The number of carboxylic acid groups (broad SMARTS) is 1. The number of hydrogen-bond donors (Lipinski definition) is 2. The Bertz CT molecular complexity index is 593. The Morgan fingerprint density at radius 2 is 2.00 bits per heavy atom. The molecule has 4 nitrogen and oxygen atoms in total. The van der Waals surface area contributed by atoms with Crippen LogP contribution < -0.4 is 5.32 Å². The van der Waals surface area contributed by atoms with Crippen molar-refractivity contribution in [3.05, 3.63) is 47.5 Å². The molecule has 2 aliphatic rings. The third-order valence-corrected chi connectivity index (χ3v) is 4.41. The molecule has 3 atom stereocenters. The van der Waals surface area contributed by atoms with Gasteiger partial charge in [0, 0.05) is 6.42 Å². The van der Waals surface area contributed by atoms with E-state index in [1.165, 1.54) is 0 Å². The molecule has 0 radical (unpaired) electrons. The van der Waals surface area contributed by atoms with E-state index in [0.29, 0.717) is 18.8 Å². The summed E-state index contributed by atoms with van der Waals surface area (Å²) in [6.07, 6.45) is 7.23. The molecule has 1 aromatic rings. The number of nitrogens with one attached hydrogen (secondary N) is 1. The molecule has 2 aliphatic carbocycles. The molecule has 0 spiro atoms. The number of fused-ring (bicyclic) bond motifs is 1. The van der Waals surface area contributed by atoms with E-state index >= 15 is 0 Å². The van der Waals surface area contributed by atoms with Crippen molar-refractivity contribution < 1.29 is 14.7 Å². The lowest BCUT2D eigenvalue weighted by Crippen LogP contribution is -2.28. The molecule has 0 aliphatic heterocycles. The van der Waals surface area contributed by atoms with E-state index in [9.17, 15) is 14.7 Å². The van der Waals surface area contributed by atoms with E-state index in [4.69, 9.17) is 0 Å². The molecule has 0 aromatic heterocycles. The van der Waals surface area contributed by atoms with Crippen molar-refractivity contribution in [2.45, 2.75) is 37.6 Å². The first-order valence-corrected chi connectivity index (χ1v) is 7.43. The van der Waals surface area contributed by atoms with Crippen LogP contribution in [0.2, 0.25) is 0 Å². The summed E-state index contributed by atoms with van der Waals surface area (Å²) in [5, 5.41) is 12.3. The Labute approximate surface area is 123 Å². The predicted molar refractivity (Wildman–Crippen MR) is 78.8 cm³/mol. The van der Waals surface area contributed by atoms with Gasteiger partial charge in [-0.05, 0) is 36.3 Å². The van der Waals surface area contributed by atoms with Crippen LogP contribution in [0.15, 0.2) is 36.4 Å². The average molecular weight is 285 g/mol. The quantitative estimate of drug-likeness (QED) is 0.836. The molecular weight excluding hydrogens is 266 g/mol.